The standard InChI is InChI=1S/C16H20N2O/c1-4-14-15(8-6-12(3)18-14)19-16-9-11(2)5-7-13(16)10-17/h5-9H,4,10,17H2,1-3H3. The van der Waals surface area contributed by atoms with Crippen molar-refractivity contribution in [3.63, 3.8) is 0 Å². The van der Waals surface area contributed by atoms with E-state index in [9.17, 15) is 0 Å². The van der Waals surface area contributed by atoms with E-state index in [1.807, 2.05) is 44.2 Å². The minimum atomic E-state index is 0.469. The van der Waals surface area contributed by atoms with E-state index in [4.69, 9.17) is 10.5 Å². The summed E-state index contributed by atoms with van der Waals surface area (Å²) in [6.45, 7) is 6.58. The van der Waals surface area contributed by atoms with E-state index in [0.717, 1.165) is 40.4 Å². The topological polar surface area (TPSA) is 48.1 Å². The molecule has 0 bridgehead atoms. The van der Waals surface area contributed by atoms with Gasteiger partial charge in [-0.1, -0.05) is 19.1 Å². The number of benzene rings is 1. The van der Waals surface area contributed by atoms with Crippen LogP contribution in [-0.2, 0) is 13.0 Å². The number of rotatable bonds is 4. The molecule has 3 heteroatoms. The molecule has 0 atom stereocenters. The van der Waals surface area contributed by atoms with Crippen LogP contribution in [-0.4, -0.2) is 4.98 Å². The van der Waals surface area contributed by atoms with Crippen molar-refractivity contribution in [2.45, 2.75) is 33.7 Å². The van der Waals surface area contributed by atoms with E-state index in [0.29, 0.717) is 6.54 Å². The Hall–Kier alpha value is -1.87. The number of hydrogen-bond donors (Lipinski definition) is 1. The van der Waals surface area contributed by atoms with Gasteiger partial charge in [-0.3, -0.25) is 4.98 Å². The smallest absolute Gasteiger partial charge is 0.148 e. The summed E-state index contributed by atoms with van der Waals surface area (Å²) in [7, 11) is 0. The van der Waals surface area contributed by atoms with E-state index in [1.54, 1.807) is 0 Å². The molecule has 0 saturated carbocycles. The van der Waals surface area contributed by atoms with E-state index < -0.39 is 0 Å². The monoisotopic (exact) mass is 256 g/mol. The van der Waals surface area contributed by atoms with Crippen LogP contribution in [0.25, 0.3) is 0 Å². The Morgan fingerprint density at radius 2 is 1.89 bits per heavy atom. The van der Waals surface area contributed by atoms with Gasteiger partial charge in [0.25, 0.3) is 0 Å². The zero-order chi connectivity index (χ0) is 13.8. The van der Waals surface area contributed by atoms with Gasteiger partial charge in [0.1, 0.15) is 11.5 Å². The first kappa shape index (κ1) is 13.6. The van der Waals surface area contributed by atoms with E-state index in [2.05, 4.69) is 11.9 Å². The lowest BCUT2D eigenvalue weighted by Gasteiger charge is -2.13. The minimum Gasteiger partial charge on any atom is -0.455 e. The molecule has 2 N–H and O–H groups in total. The molecule has 0 saturated heterocycles. The van der Waals surface area contributed by atoms with Crippen molar-refractivity contribution >= 4 is 0 Å². The lowest BCUT2D eigenvalue weighted by atomic mass is 10.1. The molecule has 0 spiro atoms. The highest BCUT2D eigenvalue weighted by Crippen LogP contribution is 2.28. The van der Waals surface area contributed by atoms with E-state index in [1.165, 1.54) is 0 Å². The molecule has 0 aliphatic carbocycles. The molecule has 19 heavy (non-hydrogen) atoms. The summed E-state index contributed by atoms with van der Waals surface area (Å²) in [5.41, 5.74) is 9.90. The number of hydrogen-bond acceptors (Lipinski definition) is 3. The number of aryl methyl sites for hydroxylation is 3. The highest BCUT2D eigenvalue weighted by Gasteiger charge is 2.08. The Balaban J connectivity index is 2.38. The third kappa shape index (κ3) is 3.12. The third-order valence-electron chi connectivity index (χ3n) is 3.07. The summed E-state index contributed by atoms with van der Waals surface area (Å²) in [5.74, 6) is 1.64. The van der Waals surface area contributed by atoms with E-state index >= 15 is 0 Å². The van der Waals surface area contributed by atoms with Crippen LogP contribution in [0.15, 0.2) is 30.3 Å². The zero-order valence-corrected chi connectivity index (χ0v) is 11.7. The maximum absolute atomic E-state index is 6.02. The Morgan fingerprint density at radius 1 is 1.11 bits per heavy atom. The molecule has 1 heterocycles. The molecule has 3 nitrogen and oxygen atoms in total. The summed E-state index contributed by atoms with van der Waals surface area (Å²) >= 11 is 0. The van der Waals surface area contributed by atoms with Gasteiger partial charge >= 0.3 is 0 Å². The first-order valence-electron chi connectivity index (χ1n) is 6.58. The summed E-state index contributed by atoms with van der Waals surface area (Å²) < 4.78 is 6.02. The molecule has 100 valence electrons. The molecule has 0 amide bonds. The number of nitrogens with zero attached hydrogens (tertiary/aromatic N) is 1. The minimum absolute atomic E-state index is 0.469. The van der Waals surface area contributed by atoms with Gasteiger partial charge in [0, 0.05) is 17.8 Å². The number of ether oxygens (including phenoxy) is 1. The summed E-state index contributed by atoms with van der Waals surface area (Å²) in [6.07, 6.45) is 0.848. The molecular weight excluding hydrogens is 236 g/mol. The molecular formula is C16H20N2O. The largest absolute Gasteiger partial charge is 0.455 e. The lowest BCUT2D eigenvalue weighted by molar-refractivity contribution is 0.466. The molecule has 0 aliphatic heterocycles. The molecule has 1 aromatic carbocycles. The fourth-order valence-electron chi connectivity index (χ4n) is 1.99. The van der Waals surface area contributed by atoms with Crippen LogP contribution in [0, 0.1) is 13.8 Å². The van der Waals surface area contributed by atoms with Crippen molar-refractivity contribution in [1.82, 2.24) is 4.98 Å². The molecule has 0 fully saturated rings. The van der Waals surface area contributed by atoms with Crippen LogP contribution in [0.1, 0.15) is 29.4 Å². The predicted octanol–water partition coefficient (Wildman–Crippen LogP) is 3.51. The van der Waals surface area contributed by atoms with Crippen LogP contribution < -0.4 is 10.5 Å². The van der Waals surface area contributed by atoms with E-state index in [-0.39, 0.29) is 0 Å². The van der Waals surface area contributed by atoms with Gasteiger partial charge in [0.2, 0.25) is 0 Å². The highest BCUT2D eigenvalue weighted by molar-refractivity contribution is 5.42. The molecule has 1 aromatic heterocycles. The first-order valence-corrected chi connectivity index (χ1v) is 6.58. The van der Waals surface area contributed by atoms with Crippen LogP contribution >= 0.6 is 0 Å². The summed E-state index contributed by atoms with van der Waals surface area (Å²) in [6, 6.07) is 10.0. The van der Waals surface area contributed by atoms with Gasteiger partial charge in [-0.2, -0.15) is 0 Å². The maximum atomic E-state index is 6.02. The summed E-state index contributed by atoms with van der Waals surface area (Å²) in [5, 5.41) is 0. The van der Waals surface area contributed by atoms with Crippen molar-refractivity contribution in [3.8, 4) is 11.5 Å². The number of aromatic nitrogens is 1. The van der Waals surface area contributed by atoms with Gasteiger partial charge < -0.3 is 10.5 Å². The number of pyridine rings is 1. The second-order valence-corrected chi connectivity index (χ2v) is 4.67. The van der Waals surface area contributed by atoms with Crippen LogP contribution in [0.5, 0.6) is 11.5 Å². The third-order valence-corrected chi connectivity index (χ3v) is 3.07. The van der Waals surface area contributed by atoms with Crippen LogP contribution in [0.3, 0.4) is 0 Å². The van der Waals surface area contributed by atoms with Gasteiger partial charge in [-0.15, -0.1) is 0 Å². The Labute approximate surface area is 114 Å². The lowest BCUT2D eigenvalue weighted by Crippen LogP contribution is -2.01. The molecule has 2 aromatic rings. The Kier molecular flexibility index (Phi) is 4.17. The predicted molar refractivity (Wildman–Crippen MR) is 77.5 cm³/mol. The van der Waals surface area contributed by atoms with Gasteiger partial charge in [0.15, 0.2) is 0 Å². The van der Waals surface area contributed by atoms with Gasteiger partial charge in [-0.05, 0) is 44.0 Å². The highest BCUT2D eigenvalue weighted by atomic mass is 16.5. The molecule has 2 rings (SSSR count). The number of nitrogens with two attached hydrogens (primary N) is 1. The molecule has 0 aliphatic rings. The average Bonchev–Trinajstić information content (AvgIpc) is 2.41. The summed E-state index contributed by atoms with van der Waals surface area (Å²) in [4.78, 5) is 4.51. The van der Waals surface area contributed by atoms with Crippen LogP contribution in [0.4, 0.5) is 0 Å². The van der Waals surface area contributed by atoms with Crippen molar-refractivity contribution in [3.05, 3.63) is 52.8 Å². The fraction of sp³-hybridized carbons (Fsp3) is 0.312. The SMILES string of the molecule is CCc1nc(C)ccc1Oc1cc(C)ccc1CN. The Bertz CT molecular complexity index is 579. The maximum Gasteiger partial charge on any atom is 0.148 e. The van der Waals surface area contributed by atoms with Crippen molar-refractivity contribution < 1.29 is 4.74 Å². The second-order valence-electron chi connectivity index (χ2n) is 4.67. The average molecular weight is 256 g/mol. The van der Waals surface area contributed by atoms with Crippen molar-refractivity contribution in [2.24, 2.45) is 5.73 Å². The normalized spacial score (nSPS) is 10.5. The first-order chi connectivity index (χ1) is 9.13. The second kappa shape index (κ2) is 5.85. The zero-order valence-electron chi connectivity index (χ0n) is 11.7. The van der Waals surface area contributed by atoms with Crippen LogP contribution in [0.2, 0.25) is 0 Å². The van der Waals surface area contributed by atoms with Crippen molar-refractivity contribution in [1.29, 1.82) is 0 Å². The van der Waals surface area contributed by atoms with Gasteiger partial charge in [0.05, 0.1) is 5.69 Å². The molecule has 0 radical (unpaired) electrons. The quantitative estimate of drug-likeness (QED) is 0.910. The Morgan fingerprint density at radius 3 is 2.58 bits per heavy atom. The fourth-order valence-corrected chi connectivity index (χ4v) is 1.99. The molecule has 0 unspecified atom stereocenters. The van der Waals surface area contributed by atoms with Gasteiger partial charge in [-0.25, -0.2) is 0 Å². The van der Waals surface area contributed by atoms with Crippen molar-refractivity contribution in [2.75, 3.05) is 0 Å².